The van der Waals surface area contributed by atoms with Crippen molar-refractivity contribution < 1.29 is 4.79 Å². The summed E-state index contributed by atoms with van der Waals surface area (Å²) in [4.78, 5) is 22.7. The fraction of sp³-hybridized carbons (Fsp3) is 0.421. The van der Waals surface area contributed by atoms with E-state index >= 15 is 0 Å². The molecule has 1 heterocycles. The highest BCUT2D eigenvalue weighted by atomic mass is 16.1. The van der Waals surface area contributed by atoms with Crippen molar-refractivity contribution in [1.82, 2.24) is 14.9 Å². The zero-order valence-corrected chi connectivity index (χ0v) is 15.4. The molecule has 0 aliphatic heterocycles. The predicted octanol–water partition coefficient (Wildman–Crippen LogP) is 3.22. The zero-order valence-electron chi connectivity index (χ0n) is 15.4. The zero-order chi connectivity index (χ0) is 18.2. The van der Waals surface area contributed by atoms with E-state index in [1.807, 2.05) is 38.4 Å². The Morgan fingerprint density at radius 3 is 2.52 bits per heavy atom. The number of carbonyl (C=O) groups excluding carboxylic acids is 1. The molecule has 25 heavy (non-hydrogen) atoms. The normalized spacial score (nSPS) is 11.0. The Bertz CT molecular complexity index is 682. The van der Waals surface area contributed by atoms with Gasteiger partial charge in [-0.15, -0.1) is 0 Å². The highest BCUT2D eigenvalue weighted by molar-refractivity contribution is 6.03. The fourth-order valence-electron chi connectivity index (χ4n) is 2.34. The van der Waals surface area contributed by atoms with E-state index in [2.05, 4.69) is 39.3 Å². The van der Waals surface area contributed by atoms with Crippen LogP contribution in [0.2, 0.25) is 0 Å². The number of rotatable bonds is 8. The fourth-order valence-corrected chi connectivity index (χ4v) is 2.34. The second-order valence-electron chi connectivity index (χ2n) is 6.60. The van der Waals surface area contributed by atoms with Crippen LogP contribution >= 0.6 is 0 Å². The van der Waals surface area contributed by atoms with Crippen molar-refractivity contribution in [2.45, 2.75) is 26.2 Å². The molecule has 0 unspecified atom stereocenters. The molecule has 134 valence electrons. The van der Waals surface area contributed by atoms with Crippen LogP contribution in [-0.2, 0) is 0 Å². The second-order valence-corrected chi connectivity index (χ2v) is 6.60. The average molecular weight is 341 g/mol. The summed E-state index contributed by atoms with van der Waals surface area (Å²) in [6.07, 6.45) is 2.41. The molecule has 0 aliphatic rings. The molecular weight excluding hydrogens is 314 g/mol. The van der Waals surface area contributed by atoms with E-state index in [9.17, 15) is 4.79 Å². The summed E-state index contributed by atoms with van der Waals surface area (Å²) in [6.45, 7) is 6.08. The number of amides is 1. The summed E-state index contributed by atoms with van der Waals surface area (Å²) in [7, 11) is 4.08. The van der Waals surface area contributed by atoms with E-state index in [1.165, 1.54) is 11.9 Å². The number of hydrogen-bond acceptors (Lipinski definition) is 5. The standard InChI is InChI=1S/C19H27N5O/c1-14(2)15-6-8-16(9-7-15)23-19(25)17-12-18(22-13-21-17)20-10-5-11-24(3)4/h6-9,12-14H,5,10-11H2,1-4H3,(H,23,25)(H,20,21,22). The molecule has 0 fully saturated rings. The smallest absolute Gasteiger partial charge is 0.274 e. The van der Waals surface area contributed by atoms with Gasteiger partial charge < -0.3 is 15.5 Å². The van der Waals surface area contributed by atoms with Crippen LogP contribution in [0.3, 0.4) is 0 Å². The molecule has 0 atom stereocenters. The third kappa shape index (κ3) is 6.15. The van der Waals surface area contributed by atoms with Crippen molar-refractivity contribution in [2.75, 3.05) is 37.8 Å². The molecule has 1 aromatic heterocycles. The number of aromatic nitrogens is 2. The van der Waals surface area contributed by atoms with Crippen molar-refractivity contribution in [2.24, 2.45) is 0 Å². The van der Waals surface area contributed by atoms with E-state index in [4.69, 9.17) is 0 Å². The van der Waals surface area contributed by atoms with Crippen molar-refractivity contribution in [3.05, 3.63) is 47.9 Å². The Morgan fingerprint density at radius 2 is 1.88 bits per heavy atom. The van der Waals surface area contributed by atoms with Gasteiger partial charge in [-0.2, -0.15) is 0 Å². The lowest BCUT2D eigenvalue weighted by Gasteiger charge is -2.11. The van der Waals surface area contributed by atoms with Crippen LogP contribution in [-0.4, -0.2) is 48.0 Å². The van der Waals surface area contributed by atoms with Crippen molar-refractivity contribution in [3.63, 3.8) is 0 Å². The number of carbonyl (C=O) groups is 1. The number of hydrogen-bond donors (Lipinski definition) is 2. The van der Waals surface area contributed by atoms with Crippen molar-refractivity contribution in [3.8, 4) is 0 Å². The number of nitrogens with zero attached hydrogens (tertiary/aromatic N) is 3. The van der Waals surface area contributed by atoms with E-state index < -0.39 is 0 Å². The van der Waals surface area contributed by atoms with Crippen molar-refractivity contribution in [1.29, 1.82) is 0 Å². The monoisotopic (exact) mass is 341 g/mol. The Labute approximate surface area is 149 Å². The summed E-state index contributed by atoms with van der Waals surface area (Å²) in [5.41, 5.74) is 2.34. The molecule has 1 amide bonds. The van der Waals surface area contributed by atoms with Gasteiger partial charge in [0.2, 0.25) is 0 Å². The highest BCUT2D eigenvalue weighted by Crippen LogP contribution is 2.17. The summed E-state index contributed by atoms with van der Waals surface area (Å²) in [6, 6.07) is 9.55. The maximum absolute atomic E-state index is 12.4. The second kappa shape index (κ2) is 9.13. The van der Waals surface area contributed by atoms with Crippen molar-refractivity contribution >= 4 is 17.4 Å². The first-order valence-electron chi connectivity index (χ1n) is 8.57. The third-order valence-electron chi connectivity index (χ3n) is 3.82. The van der Waals surface area contributed by atoms with Gasteiger partial charge >= 0.3 is 0 Å². The molecule has 6 heteroatoms. The first-order valence-corrected chi connectivity index (χ1v) is 8.57. The molecule has 0 saturated carbocycles. The predicted molar refractivity (Wildman–Crippen MR) is 102 cm³/mol. The van der Waals surface area contributed by atoms with Gasteiger partial charge in [0.05, 0.1) is 0 Å². The quantitative estimate of drug-likeness (QED) is 0.722. The van der Waals surface area contributed by atoms with Crippen LogP contribution in [0.25, 0.3) is 0 Å². The van der Waals surface area contributed by atoms with Crippen LogP contribution < -0.4 is 10.6 Å². The van der Waals surface area contributed by atoms with E-state index in [0.717, 1.165) is 25.2 Å². The molecule has 2 aromatic rings. The Kier molecular flexibility index (Phi) is 6.89. The Balaban J connectivity index is 1.93. The molecule has 0 radical (unpaired) electrons. The topological polar surface area (TPSA) is 70.2 Å². The molecule has 0 spiro atoms. The maximum atomic E-state index is 12.4. The van der Waals surface area contributed by atoms with E-state index in [0.29, 0.717) is 17.4 Å². The van der Waals surface area contributed by atoms with Gasteiger partial charge in [0, 0.05) is 18.3 Å². The van der Waals surface area contributed by atoms with Gasteiger partial charge in [-0.1, -0.05) is 26.0 Å². The van der Waals surface area contributed by atoms with Crippen LogP contribution in [0.5, 0.6) is 0 Å². The summed E-state index contributed by atoms with van der Waals surface area (Å²) in [5, 5.41) is 6.09. The van der Waals surface area contributed by atoms with Crippen LogP contribution in [0.4, 0.5) is 11.5 Å². The molecule has 2 rings (SSSR count). The molecule has 0 saturated heterocycles. The number of nitrogens with one attached hydrogen (secondary N) is 2. The van der Waals surface area contributed by atoms with E-state index in [-0.39, 0.29) is 5.91 Å². The first-order chi connectivity index (χ1) is 12.0. The van der Waals surface area contributed by atoms with Crippen LogP contribution in [0.15, 0.2) is 36.7 Å². The first kappa shape index (κ1) is 18.9. The van der Waals surface area contributed by atoms with Gasteiger partial charge in [0.1, 0.15) is 17.8 Å². The largest absolute Gasteiger partial charge is 0.370 e. The molecule has 2 N–H and O–H groups in total. The molecule has 6 nitrogen and oxygen atoms in total. The van der Waals surface area contributed by atoms with Gasteiger partial charge in [-0.05, 0) is 50.7 Å². The Morgan fingerprint density at radius 1 is 1.16 bits per heavy atom. The Hall–Kier alpha value is -2.47. The lowest BCUT2D eigenvalue weighted by molar-refractivity contribution is 0.102. The molecule has 1 aromatic carbocycles. The van der Waals surface area contributed by atoms with Gasteiger partial charge in [-0.3, -0.25) is 4.79 Å². The molecule has 0 bridgehead atoms. The summed E-state index contributed by atoms with van der Waals surface area (Å²) >= 11 is 0. The minimum absolute atomic E-state index is 0.240. The lowest BCUT2D eigenvalue weighted by atomic mass is 10.0. The van der Waals surface area contributed by atoms with E-state index in [1.54, 1.807) is 6.07 Å². The minimum Gasteiger partial charge on any atom is -0.370 e. The third-order valence-corrected chi connectivity index (χ3v) is 3.82. The summed E-state index contributed by atoms with van der Waals surface area (Å²) in [5.74, 6) is 0.887. The van der Waals surface area contributed by atoms with Crippen LogP contribution in [0.1, 0.15) is 42.2 Å². The summed E-state index contributed by atoms with van der Waals surface area (Å²) < 4.78 is 0. The maximum Gasteiger partial charge on any atom is 0.274 e. The SMILES string of the molecule is CC(C)c1ccc(NC(=O)c2cc(NCCCN(C)C)ncn2)cc1. The highest BCUT2D eigenvalue weighted by Gasteiger charge is 2.09. The average Bonchev–Trinajstić information content (AvgIpc) is 2.59. The van der Waals surface area contributed by atoms with Gasteiger partial charge in [0.15, 0.2) is 0 Å². The van der Waals surface area contributed by atoms with Gasteiger partial charge in [-0.25, -0.2) is 9.97 Å². The molecule has 0 aliphatic carbocycles. The van der Waals surface area contributed by atoms with Crippen LogP contribution in [0, 0.1) is 0 Å². The minimum atomic E-state index is -0.240. The number of anilines is 2. The van der Waals surface area contributed by atoms with Gasteiger partial charge in [0.25, 0.3) is 5.91 Å². The molecular formula is C19H27N5O. The lowest BCUT2D eigenvalue weighted by Crippen LogP contribution is -2.17. The number of benzene rings is 1.